The maximum absolute atomic E-state index is 12.4. The lowest BCUT2D eigenvalue weighted by Crippen LogP contribution is -2.42. The van der Waals surface area contributed by atoms with Crippen molar-refractivity contribution < 1.29 is 8.42 Å². The number of anilines is 1. The minimum absolute atomic E-state index is 0.0134. The standard InChI is InChI=1S/C13H24N4O2S/c1-4-17-8-12(13(14)15-17)20(18,19)16-11-6-5-9(2)7-10(11)3/h8-11,16H,4-7H2,1-3H3,(H2,14,15). The highest BCUT2D eigenvalue weighted by molar-refractivity contribution is 7.89. The summed E-state index contributed by atoms with van der Waals surface area (Å²) in [6.45, 7) is 6.80. The van der Waals surface area contributed by atoms with Crippen molar-refractivity contribution >= 4 is 15.8 Å². The summed E-state index contributed by atoms with van der Waals surface area (Å²) < 4.78 is 29.2. The van der Waals surface area contributed by atoms with Crippen LogP contribution in [0.1, 0.15) is 40.0 Å². The number of aromatic nitrogens is 2. The van der Waals surface area contributed by atoms with Crippen molar-refractivity contribution in [3.63, 3.8) is 0 Å². The Kier molecular flexibility index (Phi) is 4.39. The molecule has 0 aromatic carbocycles. The van der Waals surface area contributed by atoms with Crippen LogP contribution in [0.4, 0.5) is 5.82 Å². The number of nitrogens with one attached hydrogen (secondary N) is 1. The smallest absolute Gasteiger partial charge is 0.246 e. The summed E-state index contributed by atoms with van der Waals surface area (Å²) in [5.74, 6) is 1.07. The minimum atomic E-state index is -3.59. The van der Waals surface area contributed by atoms with Gasteiger partial charge in [-0.3, -0.25) is 4.68 Å². The summed E-state index contributed by atoms with van der Waals surface area (Å²) in [6.07, 6.45) is 4.48. The zero-order valence-corrected chi connectivity index (χ0v) is 13.2. The van der Waals surface area contributed by atoms with Gasteiger partial charge in [-0.05, 0) is 38.0 Å². The third-order valence-electron chi connectivity index (χ3n) is 4.11. The van der Waals surface area contributed by atoms with Crippen molar-refractivity contribution in [1.29, 1.82) is 0 Å². The van der Waals surface area contributed by atoms with E-state index in [1.54, 1.807) is 0 Å². The Morgan fingerprint density at radius 2 is 2.15 bits per heavy atom. The van der Waals surface area contributed by atoms with Gasteiger partial charge in [-0.2, -0.15) is 5.10 Å². The molecular formula is C13H24N4O2S. The van der Waals surface area contributed by atoms with Crippen LogP contribution in [-0.2, 0) is 16.6 Å². The van der Waals surface area contributed by atoms with Gasteiger partial charge in [0.25, 0.3) is 0 Å². The van der Waals surface area contributed by atoms with Gasteiger partial charge in [0, 0.05) is 18.8 Å². The molecule has 1 heterocycles. The highest BCUT2D eigenvalue weighted by Crippen LogP contribution is 2.30. The number of aryl methyl sites for hydroxylation is 1. The van der Waals surface area contributed by atoms with Crippen LogP contribution in [0, 0.1) is 11.8 Å². The average molecular weight is 300 g/mol. The van der Waals surface area contributed by atoms with Crippen LogP contribution in [-0.4, -0.2) is 24.2 Å². The topological polar surface area (TPSA) is 90.0 Å². The summed E-state index contributed by atoms with van der Waals surface area (Å²) in [7, 11) is -3.59. The van der Waals surface area contributed by atoms with Crippen molar-refractivity contribution in [3.05, 3.63) is 6.20 Å². The molecule has 0 aliphatic heterocycles. The normalized spacial score (nSPS) is 27.6. The van der Waals surface area contributed by atoms with E-state index in [1.807, 2.05) is 6.92 Å². The monoisotopic (exact) mass is 300 g/mol. The van der Waals surface area contributed by atoms with Crippen LogP contribution < -0.4 is 10.5 Å². The molecule has 114 valence electrons. The molecule has 1 aliphatic rings. The summed E-state index contributed by atoms with van der Waals surface area (Å²) in [6, 6.07) is -0.0134. The molecule has 3 atom stereocenters. The molecular weight excluding hydrogens is 276 g/mol. The molecule has 0 amide bonds. The van der Waals surface area contributed by atoms with Crippen LogP contribution in [0.2, 0.25) is 0 Å². The maximum atomic E-state index is 12.4. The van der Waals surface area contributed by atoms with Crippen molar-refractivity contribution in [2.75, 3.05) is 5.73 Å². The van der Waals surface area contributed by atoms with Gasteiger partial charge in [0.1, 0.15) is 4.90 Å². The first kappa shape index (κ1) is 15.3. The highest BCUT2D eigenvalue weighted by atomic mass is 32.2. The van der Waals surface area contributed by atoms with Crippen molar-refractivity contribution in [3.8, 4) is 0 Å². The molecule has 6 nitrogen and oxygen atoms in total. The van der Waals surface area contributed by atoms with Crippen molar-refractivity contribution in [2.45, 2.75) is 57.5 Å². The Labute approximate surface area is 120 Å². The first-order valence-corrected chi connectivity index (χ1v) is 8.67. The molecule has 0 spiro atoms. The van der Waals surface area contributed by atoms with E-state index in [9.17, 15) is 8.42 Å². The van der Waals surface area contributed by atoms with E-state index in [2.05, 4.69) is 23.7 Å². The number of sulfonamides is 1. The molecule has 3 unspecified atom stereocenters. The van der Waals surface area contributed by atoms with Gasteiger partial charge >= 0.3 is 0 Å². The third-order valence-corrected chi connectivity index (χ3v) is 5.61. The van der Waals surface area contributed by atoms with E-state index in [4.69, 9.17) is 5.73 Å². The van der Waals surface area contributed by atoms with Gasteiger partial charge in [-0.25, -0.2) is 13.1 Å². The molecule has 0 radical (unpaired) electrons. The van der Waals surface area contributed by atoms with Crippen LogP contribution in [0.5, 0.6) is 0 Å². The molecule has 1 aromatic heterocycles. The van der Waals surface area contributed by atoms with E-state index in [0.29, 0.717) is 18.4 Å². The molecule has 1 saturated carbocycles. The zero-order valence-electron chi connectivity index (χ0n) is 12.3. The van der Waals surface area contributed by atoms with Gasteiger partial charge in [-0.1, -0.05) is 13.8 Å². The third kappa shape index (κ3) is 3.15. The van der Waals surface area contributed by atoms with Crippen LogP contribution in [0.3, 0.4) is 0 Å². The summed E-state index contributed by atoms with van der Waals surface area (Å²) in [5.41, 5.74) is 5.71. The molecule has 3 N–H and O–H groups in total. The number of nitrogens with two attached hydrogens (primary N) is 1. The SMILES string of the molecule is CCn1cc(S(=O)(=O)NC2CCC(C)CC2C)c(N)n1. The Bertz CT molecular complexity index is 567. The van der Waals surface area contributed by atoms with Crippen molar-refractivity contribution in [1.82, 2.24) is 14.5 Å². The predicted molar refractivity (Wildman–Crippen MR) is 78.6 cm³/mol. The first-order chi connectivity index (χ1) is 9.33. The molecule has 1 aliphatic carbocycles. The fraction of sp³-hybridized carbons (Fsp3) is 0.769. The second-order valence-electron chi connectivity index (χ2n) is 5.86. The Balaban J connectivity index is 2.16. The lowest BCUT2D eigenvalue weighted by Gasteiger charge is -2.32. The average Bonchev–Trinajstić information content (AvgIpc) is 2.75. The fourth-order valence-corrected chi connectivity index (χ4v) is 4.34. The molecule has 0 saturated heterocycles. The Hall–Kier alpha value is -1.08. The van der Waals surface area contributed by atoms with E-state index >= 15 is 0 Å². The molecule has 20 heavy (non-hydrogen) atoms. The van der Waals surface area contributed by atoms with Gasteiger partial charge in [0.15, 0.2) is 5.82 Å². The van der Waals surface area contributed by atoms with Gasteiger partial charge in [0.2, 0.25) is 10.0 Å². The molecule has 0 bridgehead atoms. The van der Waals surface area contributed by atoms with Gasteiger partial charge in [0.05, 0.1) is 0 Å². The number of hydrogen-bond donors (Lipinski definition) is 2. The quantitative estimate of drug-likeness (QED) is 0.883. The van der Waals surface area contributed by atoms with Crippen molar-refractivity contribution in [2.24, 2.45) is 11.8 Å². The van der Waals surface area contributed by atoms with Crippen LogP contribution in [0.15, 0.2) is 11.1 Å². The number of nitrogen functional groups attached to an aromatic ring is 1. The highest BCUT2D eigenvalue weighted by Gasteiger charge is 2.31. The Morgan fingerprint density at radius 1 is 1.45 bits per heavy atom. The van der Waals surface area contributed by atoms with E-state index in [-0.39, 0.29) is 16.8 Å². The summed E-state index contributed by atoms with van der Waals surface area (Å²) >= 11 is 0. The minimum Gasteiger partial charge on any atom is -0.381 e. The second kappa shape index (κ2) is 5.73. The predicted octanol–water partition coefficient (Wildman–Crippen LogP) is 1.59. The van der Waals surface area contributed by atoms with Gasteiger partial charge in [-0.15, -0.1) is 0 Å². The summed E-state index contributed by atoms with van der Waals surface area (Å²) in [5, 5.41) is 3.99. The van der Waals surface area contributed by atoms with Crippen LogP contribution in [0.25, 0.3) is 0 Å². The molecule has 2 rings (SSSR count). The number of hydrogen-bond acceptors (Lipinski definition) is 4. The molecule has 1 aromatic rings. The molecule has 1 fully saturated rings. The number of rotatable bonds is 4. The van der Waals surface area contributed by atoms with Crippen LogP contribution >= 0.6 is 0 Å². The zero-order chi connectivity index (χ0) is 14.9. The van der Waals surface area contributed by atoms with E-state index in [1.165, 1.54) is 10.9 Å². The number of nitrogens with zero attached hydrogens (tertiary/aromatic N) is 2. The van der Waals surface area contributed by atoms with E-state index < -0.39 is 10.0 Å². The van der Waals surface area contributed by atoms with Gasteiger partial charge < -0.3 is 5.73 Å². The lowest BCUT2D eigenvalue weighted by atomic mass is 9.80. The maximum Gasteiger partial charge on any atom is 0.246 e. The Morgan fingerprint density at radius 3 is 2.70 bits per heavy atom. The first-order valence-electron chi connectivity index (χ1n) is 7.18. The van der Waals surface area contributed by atoms with E-state index in [0.717, 1.165) is 19.3 Å². The fourth-order valence-electron chi connectivity index (χ4n) is 2.89. The lowest BCUT2D eigenvalue weighted by molar-refractivity contribution is 0.249. The largest absolute Gasteiger partial charge is 0.381 e. The second-order valence-corrected chi connectivity index (χ2v) is 7.54. The molecule has 7 heteroatoms. The summed E-state index contributed by atoms with van der Waals surface area (Å²) in [4.78, 5) is 0.0881.